The van der Waals surface area contributed by atoms with Gasteiger partial charge in [0.1, 0.15) is 6.04 Å². The molecule has 2 aromatic rings. The molecule has 1 aliphatic heterocycles. The number of rotatable bonds is 8. The van der Waals surface area contributed by atoms with E-state index in [2.05, 4.69) is 10.2 Å². The lowest BCUT2D eigenvalue weighted by Crippen LogP contribution is -2.64. The molecular weight excluding hydrogens is 490 g/mol. The Morgan fingerprint density at radius 2 is 1.38 bits per heavy atom. The highest BCUT2D eigenvalue weighted by atomic mass is 16.5. The highest BCUT2D eigenvalue weighted by Gasteiger charge is 2.53. The summed E-state index contributed by atoms with van der Waals surface area (Å²) in [6.45, 7) is 2.85. The van der Waals surface area contributed by atoms with Crippen LogP contribution in [0, 0.1) is 17.8 Å². The minimum absolute atomic E-state index is 0.165. The van der Waals surface area contributed by atoms with Crippen LogP contribution in [0.5, 0.6) is 0 Å². The minimum Gasteiger partial charge on any atom is -0.454 e. The van der Waals surface area contributed by atoms with E-state index in [0.717, 1.165) is 36.4 Å². The van der Waals surface area contributed by atoms with Crippen LogP contribution in [0.4, 0.5) is 0 Å². The van der Waals surface area contributed by atoms with Crippen molar-refractivity contribution in [2.45, 2.75) is 56.5 Å². The third kappa shape index (κ3) is 5.74. The molecule has 4 bridgehead atoms. The molecule has 0 unspecified atom stereocenters. The minimum atomic E-state index is -0.888. The molecule has 0 spiro atoms. The summed E-state index contributed by atoms with van der Waals surface area (Å²) in [4.78, 5) is 43.4. The molecule has 1 atom stereocenters. The Balaban J connectivity index is 1.03. The number of ether oxygens (including phenoxy) is 1. The van der Waals surface area contributed by atoms with Crippen LogP contribution in [0.25, 0.3) is 0 Å². The smallest absolute Gasteiger partial charge is 0.329 e. The molecule has 1 N–H and O–H groups in total. The topological polar surface area (TPSA) is 78.9 Å². The van der Waals surface area contributed by atoms with Crippen molar-refractivity contribution in [1.82, 2.24) is 15.1 Å². The molecule has 7 nitrogen and oxygen atoms in total. The number of hydrogen-bond donors (Lipinski definition) is 1. The predicted molar refractivity (Wildman–Crippen MR) is 148 cm³/mol. The van der Waals surface area contributed by atoms with Gasteiger partial charge in [-0.3, -0.25) is 14.5 Å². The van der Waals surface area contributed by atoms with E-state index in [1.165, 1.54) is 38.5 Å². The number of piperazine rings is 1. The van der Waals surface area contributed by atoms with Crippen LogP contribution in [0.3, 0.4) is 0 Å². The van der Waals surface area contributed by atoms with Crippen molar-refractivity contribution in [3.05, 3.63) is 71.8 Å². The van der Waals surface area contributed by atoms with Crippen molar-refractivity contribution in [3.8, 4) is 0 Å². The number of carbonyl (C=O) groups is 3. The van der Waals surface area contributed by atoms with E-state index in [1.54, 1.807) is 24.3 Å². The molecule has 2 amide bonds. The van der Waals surface area contributed by atoms with Gasteiger partial charge in [-0.25, -0.2) is 4.79 Å². The summed E-state index contributed by atoms with van der Waals surface area (Å²) in [5, 5.41) is 2.81. The van der Waals surface area contributed by atoms with Crippen LogP contribution in [0.2, 0.25) is 0 Å². The maximum absolute atomic E-state index is 13.1. The molecule has 7 heteroatoms. The Morgan fingerprint density at radius 3 is 1.97 bits per heavy atom. The number of nitrogens with zero attached hydrogens (tertiary/aromatic N) is 2. The average Bonchev–Trinajstić information content (AvgIpc) is 2.96. The summed E-state index contributed by atoms with van der Waals surface area (Å²) in [6, 6.07) is 17.4. The van der Waals surface area contributed by atoms with E-state index in [1.807, 2.05) is 41.3 Å². The van der Waals surface area contributed by atoms with E-state index in [-0.39, 0.29) is 24.8 Å². The molecule has 4 saturated carbocycles. The highest BCUT2D eigenvalue weighted by Crippen LogP contribution is 2.57. The molecule has 0 aromatic heterocycles. The van der Waals surface area contributed by atoms with E-state index in [9.17, 15) is 14.4 Å². The van der Waals surface area contributed by atoms with E-state index in [0.29, 0.717) is 24.2 Å². The molecule has 4 aliphatic carbocycles. The Bertz CT molecular complexity index is 1140. The van der Waals surface area contributed by atoms with Gasteiger partial charge in [-0.05, 0) is 74.0 Å². The van der Waals surface area contributed by atoms with Gasteiger partial charge in [0.05, 0.1) is 0 Å². The average molecular weight is 530 g/mol. The number of nitrogens with one attached hydrogen (secondary N) is 1. The van der Waals surface area contributed by atoms with Gasteiger partial charge in [-0.2, -0.15) is 0 Å². The first kappa shape index (κ1) is 26.1. The Labute approximate surface area is 230 Å². The first-order valence-corrected chi connectivity index (χ1v) is 14.6. The molecular formula is C32H39N3O4. The standard InChI is InChI=1S/C32H39N3O4/c36-29(34-11-13-35(14-12-34)32-19-24-15-25(20-32)17-26(16-24)21-32)22-39-31(38)28(18-23-7-3-1-4-8-23)33-30(37)27-9-5-2-6-10-27/h1-10,24-26,28H,11-22H2,(H,33,37)/t24?,25?,26?,28-,32?/m0/s1. The molecule has 2 aromatic carbocycles. The highest BCUT2D eigenvalue weighted by molar-refractivity contribution is 5.97. The van der Waals surface area contributed by atoms with E-state index in [4.69, 9.17) is 4.74 Å². The lowest BCUT2D eigenvalue weighted by molar-refractivity contribution is -0.155. The lowest BCUT2D eigenvalue weighted by Gasteiger charge is -2.61. The van der Waals surface area contributed by atoms with Crippen LogP contribution in [0.15, 0.2) is 60.7 Å². The Kier molecular flexibility index (Phi) is 7.43. The van der Waals surface area contributed by atoms with Gasteiger partial charge >= 0.3 is 5.97 Å². The zero-order valence-corrected chi connectivity index (χ0v) is 22.6. The fourth-order valence-corrected chi connectivity index (χ4v) is 8.08. The number of hydrogen-bond acceptors (Lipinski definition) is 5. The maximum Gasteiger partial charge on any atom is 0.329 e. The fourth-order valence-electron chi connectivity index (χ4n) is 8.08. The number of benzene rings is 2. The Hall–Kier alpha value is -3.19. The maximum atomic E-state index is 13.1. The third-order valence-corrected chi connectivity index (χ3v) is 9.56. The molecule has 206 valence electrons. The normalized spacial score (nSPS) is 28.6. The number of esters is 1. The van der Waals surface area contributed by atoms with Crippen molar-refractivity contribution in [2.75, 3.05) is 32.8 Å². The van der Waals surface area contributed by atoms with Crippen LogP contribution < -0.4 is 5.32 Å². The van der Waals surface area contributed by atoms with Gasteiger partial charge < -0.3 is 15.0 Å². The van der Waals surface area contributed by atoms with Crippen molar-refractivity contribution in [2.24, 2.45) is 17.8 Å². The van der Waals surface area contributed by atoms with Crippen molar-refractivity contribution >= 4 is 17.8 Å². The van der Waals surface area contributed by atoms with Gasteiger partial charge in [0.15, 0.2) is 6.61 Å². The molecule has 39 heavy (non-hydrogen) atoms. The monoisotopic (exact) mass is 529 g/mol. The molecule has 7 rings (SSSR count). The van der Waals surface area contributed by atoms with Crippen molar-refractivity contribution < 1.29 is 19.1 Å². The summed E-state index contributed by atoms with van der Waals surface area (Å²) in [7, 11) is 0. The third-order valence-electron chi connectivity index (χ3n) is 9.56. The molecule has 1 heterocycles. The van der Waals surface area contributed by atoms with Crippen LogP contribution >= 0.6 is 0 Å². The first-order chi connectivity index (χ1) is 19.0. The fraction of sp³-hybridized carbons (Fsp3) is 0.531. The zero-order valence-electron chi connectivity index (χ0n) is 22.6. The quantitative estimate of drug-likeness (QED) is 0.528. The van der Waals surface area contributed by atoms with Gasteiger partial charge in [-0.1, -0.05) is 48.5 Å². The van der Waals surface area contributed by atoms with Gasteiger partial charge in [0.2, 0.25) is 0 Å². The first-order valence-electron chi connectivity index (χ1n) is 14.6. The van der Waals surface area contributed by atoms with Gasteiger partial charge in [0.25, 0.3) is 11.8 Å². The second-order valence-corrected chi connectivity index (χ2v) is 12.2. The van der Waals surface area contributed by atoms with Crippen molar-refractivity contribution in [1.29, 1.82) is 0 Å². The number of amides is 2. The van der Waals surface area contributed by atoms with Crippen LogP contribution in [-0.4, -0.2) is 72.0 Å². The SMILES string of the molecule is O=C(N[C@@H](Cc1ccccc1)C(=O)OCC(=O)N1CCN(C23CC4CC(CC(C4)C2)C3)CC1)c1ccccc1. The molecule has 5 aliphatic rings. The lowest BCUT2D eigenvalue weighted by atomic mass is 9.52. The second kappa shape index (κ2) is 11.1. The zero-order chi connectivity index (χ0) is 26.8. The summed E-state index contributed by atoms with van der Waals surface area (Å²) in [6.07, 6.45) is 8.59. The van der Waals surface area contributed by atoms with Crippen LogP contribution in [0.1, 0.15) is 54.4 Å². The van der Waals surface area contributed by atoms with Crippen molar-refractivity contribution in [3.63, 3.8) is 0 Å². The summed E-state index contributed by atoms with van der Waals surface area (Å²) < 4.78 is 5.50. The second-order valence-electron chi connectivity index (χ2n) is 12.2. The van der Waals surface area contributed by atoms with E-state index >= 15 is 0 Å². The largest absolute Gasteiger partial charge is 0.454 e. The van der Waals surface area contributed by atoms with Crippen LogP contribution in [-0.2, 0) is 20.7 Å². The summed E-state index contributed by atoms with van der Waals surface area (Å²) in [5.74, 6) is 1.61. The Morgan fingerprint density at radius 1 is 0.821 bits per heavy atom. The predicted octanol–water partition coefficient (Wildman–Crippen LogP) is 3.68. The van der Waals surface area contributed by atoms with Gasteiger partial charge in [0, 0.05) is 43.7 Å². The molecule has 1 saturated heterocycles. The summed E-state index contributed by atoms with van der Waals surface area (Å²) in [5.41, 5.74) is 1.73. The molecule has 0 radical (unpaired) electrons. The molecule has 5 fully saturated rings. The number of carbonyl (C=O) groups excluding carboxylic acids is 3. The van der Waals surface area contributed by atoms with Gasteiger partial charge in [-0.15, -0.1) is 0 Å². The van der Waals surface area contributed by atoms with E-state index < -0.39 is 12.0 Å². The summed E-state index contributed by atoms with van der Waals surface area (Å²) >= 11 is 0.